The van der Waals surface area contributed by atoms with Crippen LogP contribution in [0.1, 0.15) is 31.7 Å². The Morgan fingerprint density at radius 3 is 2.15 bits per heavy atom. The van der Waals surface area contributed by atoms with Crippen molar-refractivity contribution in [2.24, 2.45) is 0 Å². The molecule has 1 rings (SSSR count). The zero-order valence-electron chi connectivity index (χ0n) is 7.77. The van der Waals surface area contributed by atoms with E-state index in [1.807, 2.05) is 0 Å². The summed E-state index contributed by atoms with van der Waals surface area (Å²) in [5, 5.41) is 0. The molecule has 3 heteroatoms. The fraction of sp³-hybridized carbons (Fsp3) is 0.400. The van der Waals surface area contributed by atoms with Crippen molar-refractivity contribution in [3.05, 3.63) is 26.6 Å². The number of nitrogens with two attached hydrogens (primary N) is 1. The lowest BCUT2D eigenvalue weighted by atomic mass is 9.99. The van der Waals surface area contributed by atoms with Gasteiger partial charge in [0.1, 0.15) is 0 Å². The average molecular weight is 307 g/mol. The molecule has 0 spiro atoms. The van der Waals surface area contributed by atoms with Gasteiger partial charge >= 0.3 is 0 Å². The van der Waals surface area contributed by atoms with Crippen molar-refractivity contribution < 1.29 is 0 Å². The van der Waals surface area contributed by atoms with Crippen LogP contribution in [0, 0.1) is 0 Å². The molecule has 13 heavy (non-hydrogen) atoms. The predicted octanol–water partition coefficient (Wildman–Crippen LogP) is 4.31. The van der Waals surface area contributed by atoms with Gasteiger partial charge in [0.25, 0.3) is 0 Å². The minimum Gasteiger partial charge on any atom is -0.397 e. The van der Waals surface area contributed by atoms with Crippen molar-refractivity contribution in [1.82, 2.24) is 0 Å². The molecule has 0 bridgehead atoms. The van der Waals surface area contributed by atoms with Gasteiger partial charge in [0.2, 0.25) is 0 Å². The summed E-state index contributed by atoms with van der Waals surface area (Å²) < 4.78 is 1.94. The Kier molecular flexibility index (Phi) is 3.80. The zero-order valence-corrected chi connectivity index (χ0v) is 10.9. The van der Waals surface area contributed by atoms with Crippen molar-refractivity contribution in [1.29, 1.82) is 0 Å². The average Bonchev–Trinajstić information content (AvgIpc) is 2.12. The number of hydrogen-bond acceptors (Lipinski definition) is 1. The maximum absolute atomic E-state index is 5.80. The van der Waals surface area contributed by atoms with Gasteiger partial charge in [-0.3, -0.25) is 0 Å². The van der Waals surface area contributed by atoms with Crippen LogP contribution >= 0.6 is 31.9 Å². The minimum absolute atomic E-state index is 0.577. The molecule has 0 aliphatic heterocycles. The van der Waals surface area contributed by atoms with E-state index in [1.165, 1.54) is 5.56 Å². The van der Waals surface area contributed by atoms with Gasteiger partial charge < -0.3 is 5.73 Å². The normalized spacial score (nSPS) is 12.9. The fourth-order valence-electron chi connectivity index (χ4n) is 1.12. The Morgan fingerprint density at radius 1 is 1.31 bits per heavy atom. The van der Waals surface area contributed by atoms with Gasteiger partial charge in [-0.05, 0) is 61.9 Å². The predicted molar refractivity (Wildman–Crippen MR) is 65.0 cm³/mol. The van der Waals surface area contributed by atoms with Crippen LogP contribution in [0.5, 0.6) is 0 Å². The third-order valence-electron chi connectivity index (χ3n) is 2.28. The Labute approximate surface area is 96.0 Å². The maximum Gasteiger partial charge on any atom is 0.0603 e. The van der Waals surface area contributed by atoms with Gasteiger partial charge in [-0.25, -0.2) is 0 Å². The van der Waals surface area contributed by atoms with Crippen LogP contribution in [0.4, 0.5) is 5.69 Å². The van der Waals surface area contributed by atoms with E-state index in [9.17, 15) is 0 Å². The molecule has 2 N–H and O–H groups in total. The highest BCUT2D eigenvalue weighted by molar-refractivity contribution is 9.11. The Morgan fingerprint density at radius 2 is 1.77 bits per heavy atom. The van der Waals surface area contributed by atoms with Crippen molar-refractivity contribution in [2.75, 3.05) is 5.73 Å². The van der Waals surface area contributed by atoms with E-state index in [0.717, 1.165) is 21.1 Å². The first kappa shape index (κ1) is 11.1. The fourth-order valence-corrected chi connectivity index (χ4v) is 2.35. The molecule has 1 aromatic carbocycles. The summed E-state index contributed by atoms with van der Waals surface area (Å²) in [6.45, 7) is 4.40. The Bertz CT molecular complexity index is 287. The van der Waals surface area contributed by atoms with Crippen molar-refractivity contribution in [2.45, 2.75) is 26.2 Å². The number of hydrogen-bond donors (Lipinski definition) is 1. The highest BCUT2D eigenvalue weighted by atomic mass is 79.9. The number of rotatable bonds is 2. The van der Waals surface area contributed by atoms with E-state index >= 15 is 0 Å². The first-order valence-electron chi connectivity index (χ1n) is 4.30. The second kappa shape index (κ2) is 4.47. The molecule has 0 saturated carbocycles. The summed E-state index contributed by atoms with van der Waals surface area (Å²) in [7, 11) is 0. The van der Waals surface area contributed by atoms with Gasteiger partial charge in [-0.1, -0.05) is 13.8 Å². The van der Waals surface area contributed by atoms with Crippen LogP contribution in [0.2, 0.25) is 0 Å². The van der Waals surface area contributed by atoms with Crippen LogP contribution < -0.4 is 5.73 Å². The van der Waals surface area contributed by atoms with Crippen LogP contribution in [-0.2, 0) is 0 Å². The molecule has 1 aromatic rings. The summed E-state index contributed by atoms with van der Waals surface area (Å²) in [5.41, 5.74) is 7.88. The first-order valence-corrected chi connectivity index (χ1v) is 5.89. The van der Waals surface area contributed by atoms with E-state index < -0.39 is 0 Å². The number of anilines is 1. The highest BCUT2D eigenvalue weighted by Gasteiger charge is 2.08. The molecule has 0 fully saturated rings. The molecule has 0 aliphatic rings. The number of nitrogen functional groups attached to an aromatic ring is 1. The van der Waals surface area contributed by atoms with E-state index in [-0.39, 0.29) is 0 Å². The third-order valence-corrected chi connectivity index (χ3v) is 3.59. The zero-order chi connectivity index (χ0) is 10.0. The molecule has 72 valence electrons. The van der Waals surface area contributed by atoms with Gasteiger partial charge in [0.05, 0.1) is 5.69 Å². The molecule has 1 unspecified atom stereocenters. The smallest absolute Gasteiger partial charge is 0.0603 e. The monoisotopic (exact) mass is 305 g/mol. The minimum atomic E-state index is 0.577. The Balaban J connectivity index is 3.13. The highest BCUT2D eigenvalue weighted by Crippen LogP contribution is 2.33. The van der Waals surface area contributed by atoms with Crippen molar-refractivity contribution in [3.63, 3.8) is 0 Å². The largest absolute Gasteiger partial charge is 0.397 e. The quantitative estimate of drug-likeness (QED) is 0.810. The molecular formula is C10H13Br2N. The van der Waals surface area contributed by atoms with Gasteiger partial charge in [-0.2, -0.15) is 0 Å². The van der Waals surface area contributed by atoms with Gasteiger partial charge in [0, 0.05) is 8.95 Å². The topological polar surface area (TPSA) is 26.0 Å². The molecule has 0 heterocycles. The summed E-state index contributed by atoms with van der Waals surface area (Å²) in [6.07, 6.45) is 1.14. The maximum atomic E-state index is 5.80. The molecule has 0 radical (unpaired) electrons. The van der Waals surface area contributed by atoms with Crippen molar-refractivity contribution in [3.8, 4) is 0 Å². The molecule has 0 saturated heterocycles. The summed E-state index contributed by atoms with van der Waals surface area (Å²) in [4.78, 5) is 0. The molecule has 0 aromatic heterocycles. The molecular weight excluding hydrogens is 294 g/mol. The Hall–Kier alpha value is -0.0200. The lowest BCUT2D eigenvalue weighted by Crippen LogP contribution is -1.95. The van der Waals surface area contributed by atoms with Gasteiger partial charge in [0.15, 0.2) is 0 Å². The summed E-state index contributed by atoms with van der Waals surface area (Å²) in [5.74, 6) is 0.577. The summed E-state index contributed by atoms with van der Waals surface area (Å²) in [6, 6.07) is 4.18. The van der Waals surface area contributed by atoms with Gasteiger partial charge in [-0.15, -0.1) is 0 Å². The van der Waals surface area contributed by atoms with Crippen LogP contribution in [0.15, 0.2) is 21.1 Å². The SMILES string of the molecule is CCC(C)c1cc(Br)c(N)c(Br)c1. The standard InChI is InChI=1S/C10H13Br2N/c1-3-6(2)7-4-8(11)10(13)9(12)5-7/h4-6H,3,13H2,1-2H3. The molecule has 0 aliphatic carbocycles. The number of halogens is 2. The second-order valence-electron chi connectivity index (χ2n) is 3.21. The van der Waals surface area contributed by atoms with Crippen LogP contribution in [0.25, 0.3) is 0 Å². The molecule has 1 atom stereocenters. The van der Waals surface area contributed by atoms with Crippen LogP contribution in [-0.4, -0.2) is 0 Å². The third kappa shape index (κ3) is 2.47. The van der Waals surface area contributed by atoms with E-state index in [2.05, 4.69) is 57.8 Å². The molecule has 1 nitrogen and oxygen atoms in total. The van der Waals surface area contributed by atoms with Crippen LogP contribution in [0.3, 0.4) is 0 Å². The first-order chi connectivity index (χ1) is 6.06. The van der Waals surface area contributed by atoms with E-state index in [0.29, 0.717) is 5.92 Å². The lowest BCUT2D eigenvalue weighted by molar-refractivity contribution is 0.733. The summed E-state index contributed by atoms with van der Waals surface area (Å²) >= 11 is 6.88. The van der Waals surface area contributed by atoms with Crippen molar-refractivity contribution >= 4 is 37.5 Å². The number of benzene rings is 1. The van der Waals surface area contributed by atoms with E-state index in [4.69, 9.17) is 5.73 Å². The van der Waals surface area contributed by atoms with E-state index in [1.54, 1.807) is 0 Å². The second-order valence-corrected chi connectivity index (χ2v) is 4.92. The lowest BCUT2D eigenvalue weighted by Gasteiger charge is -2.11. The molecule has 0 amide bonds.